The van der Waals surface area contributed by atoms with Crippen LogP contribution in [0.25, 0.3) is 22.5 Å². The summed E-state index contributed by atoms with van der Waals surface area (Å²) in [5.74, 6) is 1.87. The van der Waals surface area contributed by atoms with E-state index in [2.05, 4.69) is 21.0 Å². The molecule has 1 heterocycles. The molecule has 6 nitrogen and oxygen atoms in total. The van der Waals surface area contributed by atoms with E-state index in [0.717, 1.165) is 38.3 Å². The first-order chi connectivity index (χ1) is 16.1. The van der Waals surface area contributed by atoms with Crippen LogP contribution in [0, 0.1) is 0 Å². The monoisotopic (exact) mass is 502 g/mol. The quantitative estimate of drug-likeness (QED) is 0.227. The highest BCUT2D eigenvalue weighted by molar-refractivity contribution is 9.10. The van der Waals surface area contributed by atoms with Crippen molar-refractivity contribution in [2.24, 2.45) is 5.10 Å². The molecule has 0 aliphatic rings. The van der Waals surface area contributed by atoms with Gasteiger partial charge in [-0.15, -0.1) is 0 Å². The third-order valence-corrected chi connectivity index (χ3v) is 5.55. The molecule has 3 aromatic carbocycles. The standard InChI is InChI=1S/C26H23BrN4O2/c1-31(28-17-20-11-14-22(32-2)15-25(20)33-3)26-29-23(18-7-5-4-6-8-18)16-24(30-26)19-9-12-21(27)13-10-19/h4-17H,1-3H3/b28-17-. The number of aromatic nitrogens is 2. The fourth-order valence-electron chi connectivity index (χ4n) is 3.23. The first-order valence-corrected chi connectivity index (χ1v) is 11.1. The summed E-state index contributed by atoms with van der Waals surface area (Å²) in [5.41, 5.74) is 4.46. The van der Waals surface area contributed by atoms with Crippen molar-refractivity contribution in [3.05, 3.63) is 88.9 Å². The topological polar surface area (TPSA) is 59.8 Å². The fourth-order valence-corrected chi connectivity index (χ4v) is 3.49. The van der Waals surface area contributed by atoms with Crippen LogP contribution in [0.4, 0.5) is 5.95 Å². The molecule has 0 aliphatic carbocycles. The van der Waals surface area contributed by atoms with Gasteiger partial charge in [0.05, 0.1) is 31.8 Å². The van der Waals surface area contributed by atoms with E-state index < -0.39 is 0 Å². The Labute approximate surface area is 201 Å². The zero-order chi connectivity index (χ0) is 23.2. The number of halogens is 1. The summed E-state index contributed by atoms with van der Waals surface area (Å²) in [6.07, 6.45) is 1.72. The second kappa shape index (κ2) is 10.3. The smallest absolute Gasteiger partial charge is 0.247 e. The average Bonchev–Trinajstić information content (AvgIpc) is 2.87. The zero-order valence-corrected chi connectivity index (χ0v) is 20.2. The second-order valence-electron chi connectivity index (χ2n) is 7.19. The van der Waals surface area contributed by atoms with Crippen molar-refractivity contribution < 1.29 is 9.47 Å². The molecular weight excluding hydrogens is 480 g/mol. The van der Waals surface area contributed by atoms with Crippen molar-refractivity contribution in [2.45, 2.75) is 0 Å². The van der Waals surface area contributed by atoms with Gasteiger partial charge in [0.25, 0.3) is 0 Å². The molecule has 1 aromatic heterocycles. The summed E-state index contributed by atoms with van der Waals surface area (Å²) >= 11 is 3.49. The molecule has 4 rings (SSSR count). The highest BCUT2D eigenvalue weighted by Gasteiger charge is 2.12. The number of hydrogen-bond acceptors (Lipinski definition) is 6. The van der Waals surface area contributed by atoms with Crippen LogP contribution >= 0.6 is 15.9 Å². The number of ether oxygens (including phenoxy) is 2. The zero-order valence-electron chi connectivity index (χ0n) is 18.6. The van der Waals surface area contributed by atoms with E-state index in [1.54, 1.807) is 25.4 Å². The van der Waals surface area contributed by atoms with Gasteiger partial charge in [0.1, 0.15) is 11.5 Å². The minimum Gasteiger partial charge on any atom is -0.497 e. The van der Waals surface area contributed by atoms with Gasteiger partial charge in [0.2, 0.25) is 5.95 Å². The van der Waals surface area contributed by atoms with Gasteiger partial charge in [-0.3, -0.25) is 0 Å². The van der Waals surface area contributed by atoms with Gasteiger partial charge >= 0.3 is 0 Å². The van der Waals surface area contributed by atoms with E-state index in [1.807, 2.05) is 85.9 Å². The van der Waals surface area contributed by atoms with Gasteiger partial charge in [-0.25, -0.2) is 15.0 Å². The molecule has 0 saturated carbocycles. The molecule has 0 atom stereocenters. The molecule has 0 N–H and O–H groups in total. The summed E-state index contributed by atoms with van der Waals surface area (Å²) < 4.78 is 11.7. The van der Waals surface area contributed by atoms with Crippen LogP contribution in [-0.2, 0) is 0 Å². The molecule has 7 heteroatoms. The van der Waals surface area contributed by atoms with Crippen LogP contribution in [0.3, 0.4) is 0 Å². The molecule has 0 unspecified atom stereocenters. The largest absolute Gasteiger partial charge is 0.497 e. The Morgan fingerprint density at radius 2 is 1.48 bits per heavy atom. The number of hydrazone groups is 1. The number of nitrogens with zero attached hydrogens (tertiary/aromatic N) is 4. The van der Waals surface area contributed by atoms with Crippen LogP contribution in [-0.4, -0.2) is 37.4 Å². The number of hydrogen-bond donors (Lipinski definition) is 0. The molecule has 0 saturated heterocycles. The maximum absolute atomic E-state index is 5.46. The lowest BCUT2D eigenvalue weighted by molar-refractivity contribution is 0.394. The molecule has 0 amide bonds. The Morgan fingerprint density at radius 3 is 2.12 bits per heavy atom. The maximum Gasteiger partial charge on any atom is 0.247 e. The van der Waals surface area contributed by atoms with E-state index in [0.29, 0.717) is 11.7 Å². The van der Waals surface area contributed by atoms with Gasteiger partial charge in [-0.1, -0.05) is 58.4 Å². The first kappa shape index (κ1) is 22.5. The van der Waals surface area contributed by atoms with E-state index in [1.165, 1.54) is 0 Å². The fraction of sp³-hybridized carbons (Fsp3) is 0.115. The van der Waals surface area contributed by atoms with Crippen molar-refractivity contribution in [3.8, 4) is 34.0 Å². The Kier molecular flexibility index (Phi) is 7.00. The highest BCUT2D eigenvalue weighted by atomic mass is 79.9. The molecule has 0 aliphatic heterocycles. The minimum atomic E-state index is 0.484. The van der Waals surface area contributed by atoms with Crippen molar-refractivity contribution in [3.63, 3.8) is 0 Å². The molecule has 0 fully saturated rings. The molecule has 166 valence electrons. The van der Waals surface area contributed by atoms with E-state index in [9.17, 15) is 0 Å². The van der Waals surface area contributed by atoms with Gasteiger partial charge in [0.15, 0.2) is 0 Å². The van der Waals surface area contributed by atoms with Crippen molar-refractivity contribution >= 4 is 28.1 Å². The van der Waals surface area contributed by atoms with E-state index >= 15 is 0 Å². The van der Waals surface area contributed by atoms with Crippen LogP contribution in [0.5, 0.6) is 11.5 Å². The maximum atomic E-state index is 5.46. The van der Waals surface area contributed by atoms with Crippen LogP contribution < -0.4 is 14.5 Å². The highest BCUT2D eigenvalue weighted by Crippen LogP contribution is 2.28. The normalized spacial score (nSPS) is 10.9. The van der Waals surface area contributed by atoms with Gasteiger partial charge < -0.3 is 9.47 Å². The molecule has 33 heavy (non-hydrogen) atoms. The van der Waals surface area contributed by atoms with Crippen LogP contribution in [0.1, 0.15) is 5.56 Å². The molecular formula is C26H23BrN4O2. The molecule has 0 spiro atoms. The summed E-state index contributed by atoms with van der Waals surface area (Å²) in [5, 5.41) is 6.22. The van der Waals surface area contributed by atoms with E-state index in [-0.39, 0.29) is 0 Å². The van der Waals surface area contributed by atoms with E-state index in [4.69, 9.17) is 19.4 Å². The number of methoxy groups -OCH3 is 2. The average molecular weight is 503 g/mol. The first-order valence-electron chi connectivity index (χ1n) is 10.3. The number of anilines is 1. The number of rotatable bonds is 7. The Hall–Kier alpha value is -3.71. The Balaban J connectivity index is 1.72. The summed E-state index contributed by atoms with van der Waals surface area (Å²) in [7, 11) is 5.06. The SMILES string of the molecule is COc1ccc(/C=N\N(C)c2nc(-c3ccccc3)cc(-c3ccc(Br)cc3)n2)c(OC)c1. The van der Waals surface area contributed by atoms with Crippen LogP contribution in [0.15, 0.2) is 88.4 Å². The summed E-state index contributed by atoms with van der Waals surface area (Å²) in [4.78, 5) is 9.54. The predicted molar refractivity (Wildman–Crippen MR) is 136 cm³/mol. The Morgan fingerprint density at radius 1 is 0.818 bits per heavy atom. The summed E-state index contributed by atoms with van der Waals surface area (Å²) in [6.45, 7) is 0. The third-order valence-electron chi connectivity index (χ3n) is 5.02. The van der Waals surface area contributed by atoms with Crippen molar-refractivity contribution in [1.29, 1.82) is 0 Å². The lowest BCUT2D eigenvalue weighted by atomic mass is 10.1. The van der Waals surface area contributed by atoms with Gasteiger partial charge in [0, 0.05) is 34.3 Å². The summed E-state index contributed by atoms with van der Waals surface area (Å²) in [6, 6.07) is 25.6. The lowest BCUT2D eigenvalue weighted by Gasteiger charge is -2.15. The molecule has 0 bridgehead atoms. The minimum absolute atomic E-state index is 0.484. The van der Waals surface area contributed by atoms with Crippen molar-refractivity contribution in [1.82, 2.24) is 9.97 Å². The third kappa shape index (κ3) is 5.38. The molecule has 4 aromatic rings. The van der Waals surface area contributed by atoms with Crippen molar-refractivity contribution in [2.75, 3.05) is 26.3 Å². The molecule has 0 radical (unpaired) electrons. The van der Waals surface area contributed by atoms with Gasteiger partial charge in [-0.05, 0) is 30.3 Å². The number of benzene rings is 3. The Bertz CT molecular complexity index is 1260. The van der Waals surface area contributed by atoms with Crippen LogP contribution in [0.2, 0.25) is 0 Å². The second-order valence-corrected chi connectivity index (χ2v) is 8.10. The van der Waals surface area contributed by atoms with Gasteiger partial charge in [-0.2, -0.15) is 5.10 Å². The predicted octanol–water partition coefficient (Wildman–Crippen LogP) is 6.06. The lowest BCUT2D eigenvalue weighted by Crippen LogP contribution is -2.14.